The van der Waals surface area contributed by atoms with Crippen LogP contribution in [0.3, 0.4) is 0 Å². The summed E-state index contributed by atoms with van der Waals surface area (Å²) in [7, 11) is 1.78. The van der Waals surface area contributed by atoms with E-state index in [1.165, 1.54) is 0 Å². The molecule has 0 unspecified atom stereocenters. The van der Waals surface area contributed by atoms with E-state index in [2.05, 4.69) is 31.4 Å². The Labute approximate surface area is 74.3 Å². The van der Waals surface area contributed by atoms with Crippen molar-refractivity contribution < 1.29 is 4.74 Å². The van der Waals surface area contributed by atoms with E-state index in [9.17, 15) is 0 Å². The van der Waals surface area contributed by atoms with Gasteiger partial charge in [0.25, 0.3) is 0 Å². The highest BCUT2D eigenvalue weighted by Gasteiger charge is 2.30. The summed E-state index contributed by atoms with van der Waals surface area (Å²) >= 11 is 4.50. The van der Waals surface area contributed by atoms with Crippen molar-refractivity contribution in [1.29, 1.82) is 0 Å². The molecule has 3 heteroatoms. The molecular weight excluding hydrogens is 158 g/mol. The molecule has 1 heterocycles. The van der Waals surface area contributed by atoms with Crippen molar-refractivity contribution >= 4 is 12.6 Å². The molecule has 0 N–H and O–H groups in total. The van der Waals surface area contributed by atoms with Gasteiger partial charge in [-0.2, -0.15) is 12.6 Å². The fourth-order valence-electron chi connectivity index (χ4n) is 1.42. The van der Waals surface area contributed by atoms with Crippen molar-refractivity contribution in [3.8, 4) is 0 Å². The van der Waals surface area contributed by atoms with E-state index in [-0.39, 0.29) is 4.87 Å². The van der Waals surface area contributed by atoms with Gasteiger partial charge in [0.15, 0.2) is 0 Å². The van der Waals surface area contributed by atoms with E-state index < -0.39 is 0 Å². The lowest BCUT2D eigenvalue weighted by molar-refractivity contribution is 0.101. The van der Waals surface area contributed by atoms with Gasteiger partial charge in [-0.05, 0) is 20.3 Å². The lowest BCUT2D eigenvalue weighted by atomic mass is 10.3. The van der Waals surface area contributed by atoms with E-state index in [0.717, 1.165) is 19.5 Å². The molecule has 1 aliphatic rings. The van der Waals surface area contributed by atoms with Crippen LogP contribution in [0.4, 0.5) is 0 Å². The first kappa shape index (κ1) is 9.36. The maximum Gasteiger partial charge on any atom is 0.0710 e. The minimum absolute atomic E-state index is 0.00722. The van der Waals surface area contributed by atoms with Crippen molar-refractivity contribution in [3.05, 3.63) is 0 Å². The number of likely N-dealkylation sites (tertiary alicyclic amines) is 1. The largest absolute Gasteiger partial charge is 0.380 e. The molecule has 0 spiro atoms. The molecule has 0 aromatic rings. The Hall–Kier alpha value is 0.270. The first-order valence-electron chi connectivity index (χ1n) is 4.04. The number of methoxy groups -OCH3 is 1. The Balaban J connectivity index is 2.42. The number of hydrogen-bond donors (Lipinski definition) is 1. The number of ether oxygens (including phenoxy) is 1. The molecule has 11 heavy (non-hydrogen) atoms. The molecule has 1 fully saturated rings. The Morgan fingerprint density at radius 3 is 2.45 bits per heavy atom. The lowest BCUT2D eigenvalue weighted by Crippen LogP contribution is -2.38. The molecule has 1 saturated heterocycles. The van der Waals surface area contributed by atoms with Crippen molar-refractivity contribution in [2.45, 2.75) is 31.2 Å². The standard InChI is InChI=1S/C8H17NOS/c1-8(2,11)9-5-4-7(6-9)10-3/h7,11H,4-6H2,1-3H3/t7-/m0/s1. The molecule has 1 rings (SSSR count). The van der Waals surface area contributed by atoms with Gasteiger partial charge in [0.2, 0.25) is 0 Å². The van der Waals surface area contributed by atoms with E-state index in [1.807, 2.05) is 0 Å². The molecule has 66 valence electrons. The van der Waals surface area contributed by atoms with Crippen LogP contribution in [-0.2, 0) is 4.74 Å². The summed E-state index contributed by atoms with van der Waals surface area (Å²) in [4.78, 5) is 2.34. The van der Waals surface area contributed by atoms with E-state index in [0.29, 0.717) is 6.10 Å². The Bertz CT molecular complexity index is 133. The molecule has 0 saturated carbocycles. The fourth-order valence-corrected chi connectivity index (χ4v) is 1.60. The predicted molar refractivity (Wildman–Crippen MR) is 50.1 cm³/mol. The highest BCUT2D eigenvalue weighted by atomic mass is 32.1. The molecule has 1 atom stereocenters. The van der Waals surface area contributed by atoms with E-state index >= 15 is 0 Å². The van der Waals surface area contributed by atoms with Gasteiger partial charge in [0, 0.05) is 20.2 Å². The van der Waals surface area contributed by atoms with Crippen LogP contribution >= 0.6 is 12.6 Å². The molecule has 2 nitrogen and oxygen atoms in total. The molecule has 0 radical (unpaired) electrons. The fraction of sp³-hybridized carbons (Fsp3) is 1.00. The van der Waals surface area contributed by atoms with Crippen LogP contribution in [-0.4, -0.2) is 36.1 Å². The Morgan fingerprint density at radius 1 is 1.55 bits per heavy atom. The number of rotatable bonds is 2. The van der Waals surface area contributed by atoms with Gasteiger partial charge in [-0.25, -0.2) is 0 Å². The Kier molecular flexibility index (Phi) is 2.84. The summed E-state index contributed by atoms with van der Waals surface area (Å²) < 4.78 is 5.26. The maximum absolute atomic E-state index is 5.26. The third kappa shape index (κ3) is 2.36. The molecular formula is C8H17NOS. The highest BCUT2D eigenvalue weighted by Crippen LogP contribution is 2.24. The zero-order valence-electron chi connectivity index (χ0n) is 7.50. The summed E-state index contributed by atoms with van der Waals surface area (Å²) in [5.74, 6) is 0. The quantitative estimate of drug-likeness (QED) is 0.636. The van der Waals surface area contributed by atoms with Crippen LogP contribution < -0.4 is 0 Å². The summed E-state index contributed by atoms with van der Waals surface area (Å²) in [6.45, 7) is 6.37. The smallest absolute Gasteiger partial charge is 0.0710 e. The topological polar surface area (TPSA) is 12.5 Å². The van der Waals surface area contributed by atoms with E-state index in [1.54, 1.807) is 7.11 Å². The summed E-state index contributed by atoms with van der Waals surface area (Å²) in [5, 5.41) is 0. The number of hydrogen-bond acceptors (Lipinski definition) is 3. The molecule has 0 aliphatic carbocycles. The number of thiol groups is 1. The van der Waals surface area contributed by atoms with E-state index in [4.69, 9.17) is 4.74 Å². The monoisotopic (exact) mass is 175 g/mol. The first-order valence-corrected chi connectivity index (χ1v) is 4.49. The normalized spacial score (nSPS) is 27.8. The molecule has 0 aromatic carbocycles. The van der Waals surface area contributed by atoms with Gasteiger partial charge in [0.05, 0.1) is 11.0 Å². The Morgan fingerprint density at radius 2 is 2.18 bits per heavy atom. The second-order valence-electron chi connectivity index (χ2n) is 3.59. The van der Waals surface area contributed by atoms with Gasteiger partial charge in [-0.1, -0.05) is 0 Å². The van der Waals surface area contributed by atoms with Gasteiger partial charge in [-0.3, -0.25) is 4.90 Å². The third-order valence-electron chi connectivity index (χ3n) is 2.25. The zero-order chi connectivity index (χ0) is 8.48. The van der Waals surface area contributed by atoms with Crippen LogP contribution in [0.5, 0.6) is 0 Å². The summed E-state index contributed by atoms with van der Waals surface area (Å²) in [6.07, 6.45) is 1.56. The molecule has 0 amide bonds. The van der Waals surface area contributed by atoms with Gasteiger partial charge in [-0.15, -0.1) is 0 Å². The predicted octanol–water partition coefficient (Wildman–Crippen LogP) is 1.37. The molecule has 0 bridgehead atoms. The maximum atomic E-state index is 5.26. The average Bonchev–Trinajstić information content (AvgIpc) is 2.32. The van der Waals surface area contributed by atoms with Crippen molar-refractivity contribution in [1.82, 2.24) is 4.90 Å². The first-order chi connectivity index (χ1) is 5.04. The van der Waals surface area contributed by atoms with Gasteiger partial charge in [0.1, 0.15) is 0 Å². The van der Waals surface area contributed by atoms with Gasteiger partial charge < -0.3 is 4.74 Å². The van der Waals surface area contributed by atoms with Crippen molar-refractivity contribution in [2.24, 2.45) is 0 Å². The van der Waals surface area contributed by atoms with Gasteiger partial charge >= 0.3 is 0 Å². The van der Waals surface area contributed by atoms with Crippen molar-refractivity contribution in [3.63, 3.8) is 0 Å². The molecule has 0 aromatic heterocycles. The van der Waals surface area contributed by atoms with Crippen LogP contribution in [0.15, 0.2) is 0 Å². The minimum atomic E-state index is 0.00722. The van der Waals surface area contributed by atoms with Crippen LogP contribution in [0.2, 0.25) is 0 Å². The average molecular weight is 175 g/mol. The number of nitrogens with zero attached hydrogens (tertiary/aromatic N) is 1. The van der Waals surface area contributed by atoms with Crippen LogP contribution in [0.25, 0.3) is 0 Å². The second-order valence-corrected chi connectivity index (χ2v) is 4.68. The second kappa shape index (κ2) is 3.33. The summed E-state index contributed by atoms with van der Waals surface area (Å²) in [5.41, 5.74) is 0. The summed E-state index contributed by atoms with van der Waals surface area (Å²) in [6, 6.07) is 0. The van der Waals surface area contributed by atoms with Crippen LogP contribution in [0.1, 0.15) is 20.3 Å². The highest BCUT2D eigenvalue weighted by molar-refractivity contribution is 7.81. The molecule has 1 aliphatic heterocycles. The third-order valence-corrected chi connectivity index (χ3v) is 2.54. The lowest BCUT2D eigenvalue weighted by Gasteiger charge is -2.30. The van der Waals surface area contributed by atoms with Crippen molar-refractivity contribution in [2.75, 3.05) is 20.2 Å². The zero-order valence-corrected chi connectivity index (χ0v) is 8.40. The minimum Gasteiger partial charge on any atom is -0.380 e. The van der Waals surface area contributed by atoms with Crippen LogP contribution in [0, 0.1) is 0 Å². The SMILES string of the molecule is CO[C@H]1CCN(C(C)(C)S)C1.